The number of hydrogen-bond acceptors (Lipinski definition) is 19. The van der Waals surface area contributed by atoms with Crippen molar-refractivity contribution in [1.82, 2.24) is 0 Å². The van der Waals surface area contributed by atoms with Crippen LogP contribution in [0, 0.1) is 83.4 Å². The van der Waals surface area contributed by atoms with Gasteiger partial charge in [-0.2, -0.15) is 0 Å². The highest BCUT2D eigenvalue weighted by atomic mass is 16.8. The zero-order valence-electron chi connectivity index (χ0n) is 72.6. The molecule has 19 heteroatoms. The van der Waals surface area contributed by atoms with Gasteiger partial charge in [-0.15, -0.1) is 12.3 Å². The second-order valence-corrected chi connectivity index (χ2v) is 35.6. The van der Waals surface area contributed by atoms with E-state index in [-0.39, 0.29) is 83.2 Å². The van der Waals surface area contributed by atoms with E-state index in [2.05, 4.69) is 186 Å². The Morgan fingerprint density at radius 1 is 0.281 bits per heavy atom. The van der Waals surface area contributed by atoms with Crippen LogP contribution < -0.4 is 0 Å². The van der Waals surface area contributed by atoms with Gasteiger partial charge in [0.2, 0.25) is 0 Å². The van der Waals surface area contributed by atoms with E-state index < -0.39 is 116 Å². The van der Waals surface area contributed by atoms with Crippen LogP contribution in [0.1, 0.15) is 154 Å². The minimum Gasteiger partial charge on any atom is -0.373 e. The second kappa shape index (κ2) is 39.5. The number of benzene rings is 7. The summed E-state index contributed by atoms with van der Waals surface area (Å²) in [5, 5.41) is 0. The molecule has 3 saturated carbocycles. The zero-order chi connectivity index (χ0) is 83.9. The SMILES string of the molecule is C#CCCCOC1OC(CC)C(OC2OC3(OCc4ccccc4)C(C)C(OC4OC(CC)C(OC5OC6(OCc7ccccc7)C(C)C(OC7OC(CC)C(OC8OC9(OCc%10ccccc%10)C(C)C(OCc%10ccccc%10)C9C8C)C(OCc8ccccc8)C7C)C6C5C)C(OCc5ccccc5)C4C)C3C2C)C(OCc2ccccc2)C1C. The maximum Gasteiger partial charge on any atom is 0.182 e. The van der Waals surface area contributed by atoms with Crippen molar-refractivity contribution >= 4 is 0 Å². The van der Waals surface area contributed by atoms with Gasteiger partial charge >= 0.3 is 0 Å². The molecular weight excluding hydrogens is 1530 g/mol. The highest BCUT2D eigenvalue weighted by molar-refractivity contribution is 5.23. The number of terminal acetylenes is 1. The van der Waals surface area contributed by atoms with Gasteiger partial charge in [-0.25, -0.2) is 0 Å². The molecule has 6 saturated heterocycles. The summed E-state index contributed by atoms with van der Waals surface area (Å²) in [6.07, 6.45) is -0.866. The molecule has 7 aromatic carbocycles. The predicted octanol–water partition coefficient (Wildman–Crippen LogP) is 18.5. The summed E-state index contributed by atoms with van der Waals surface area (Å²) in [6.45, 7) is 28.9. The summed E-state index contributed by atoms with van der Waals surface area (Å²) in [5.41, 5.74) is 7.35. The molecule has 33 atom stereocenters. The number of rotatable bonds is 38. The van der Waals surface area contributed by atoms with Crippen molar-refractivity contribution in [3.05, 3.63) is 251 Å². The molecule has 0 radical (unpaired) electrons. The Kier molecular flexibility index (Phi) is 28.6. The molecule has 0 spiro atoms. The van der Waals surface area contributed by atoms with E-state index in [4.69, 9.17) is 96.4 Å². The first-order valence-electron chi connectivity index (χ1n) is 45.0. The third kappa shape index (κ3) is 18.1. The number of hydrogen-bond donors (Lipinski definition) is 0. The van der Waals surface area contributed by atoms with Crippen molar-refractivity contribution in [2.75, 3.05) is 6.61 Å². The van der Waals surface area contributed by atoms with E-state index in [1.165, 1.54) is 0 Å². The van der Waals surface area contributed by atoms with Crippen LogP contribution in [0.4, 0.5) is 0 Å². The minimum absolute atomic E-state index is 0.101. The summed E-state index contributed by atoms with van der Waals surface area (Å²) in [4.78, 5) is 0. The smallest absolute Gasteiger partial charge is 0.182 e. The maximum atomic E-state index is 7.67. The lowest BCUT2D eigenvalue weighted by molar-refractivity contribution is -0.414. The first-order chi connectivity index (χ1) is 59.0. The molecule has 9 fully saturated rings. The lowest BCUT2D eigenvalue weighted by Gasteiger charge is -2.57. The van der Waals surface area contributed by atoms with E-state index in [1.54, 1.807) is 0 Å². The molecule has 0 amide bonds. The van der Waals surface area contributed by atoms with Crippen LogP contribution in [0.5, 0.6) is 0 Å². The Morgan fingerprint density at radius 2 is 0.529 bits per heavy atom. The van der Waals surface area contributed by atoms with Crippen molar-refractivity contribution in [2.24, 2.45) is 71.0 Å². The fourth-order valence-corrected chi connectivity index (χ4v) is 21.1. The number of ether oxygens (including phenoxy) is 19. The molecule has 3 aliphatic carbocycles. The van der Waals surface area contributed by atoms with Gasteiger partial charge in [-0.3, -0.25) is 0 Å². The third-order valence-electron chi connectivity index (χ3n) is 28.0. The standard InChI is InChI=1S/C102H128O19/c1-14-18-40-55-103-94-66(8)85(104-56-72-41-26-19-27-42-72)91(79(15-2)111-94)116-98-64(6)83-89(70(12)101(83,120-98)109-61-77-51-36-24-37-52-77)114-96-68(10)87(106-58-74-45-30-21-31-46-74)93(81(17-4)113-96)118-99-65(7)84-90(71(13)102(84,121-99)110-62-78-53-38-25-39-54-78)115-95-67(9)86(105-57-73-43-28-20-29-44-73)92(80(16-3)112-95)117-97-63(5)82-88(107-59-75-47-32-22-33-48-75)69(11)100(82,119-97)108-60-76-49-34-23-35-50-76/h1,19-39,41-54,63-71,79-99H,15-18,40,55-62H2,2-13H3. The van der Waals surface area contributed by atoms with E-state index in [0.29, 0.717) is 78.5 Å². The molecule has 650 valence electrons. The second-order valence-electron chi connectivity index (χ2n) is 35.6. The third-order valence-corrected chi connectivity index (χ3v) is 28.0. The Hall–Kier alpha value is -6.66. The molecule has 6 heterocycles. The van der Waals surface area contributed by atoms with Gasteiger partial charge in [-0.05, 0) is 64.6 Å². The van der Waals surface area contributed by atoms with Crippen molar-refractivity contribution in [1.29, 1.82) is 0 Å². The number of fused-ring (bicyclic) bond motifs is 3. The molecule has 33 unspecified atom stereocenters. The van der Waals surface area contributed by atoms with Crippen molar-refractivity contribution in [3.63, 3.8) is 0 Å². The van der Waals surface area contributed by atoms with Crippen molar-refractivity contribution in [2.45, 2.75) is 290 Å². The molecule has 9 aliphatic rings. The van der Waals surface area contributed by atoms with Crippen LogP contribution in [0.3, 0.4) is 0 Å². The summed E-state index contributed by atoms with van der Waals surface area (Å²) in [6, 6.07) is 72.0. The molecule has 121 heavy (non-hydrogen) atoms. The fraction of sp³-hybridized carbons (Fsp3) is 0.569. The molecule has 19 nitrogen and oxygen atoms in total. The molecule has 0 bridgehead atoms. The molecule has 6 aliphatic heterocycles. The Bertz CT molecular complexity index is 4370. The highest BCUT2D eigenvalue weighted by Crippen LogP contribution is 2.64. The molecule has 0 aromatic heterocycles. The first-order valence-corrected chi connectivity index (χ1v) is 45.0. The van der Waals surface area contributed by atoms with Gasteiger partial charge in [0.25, 0.3) is 0 Å². The number of unbranched alkanes of at least 4 members (excludes halogenated alkanes) is 1. The summed E-state index contributed by atoms with van der Waals surface area (Å²) in [5.74, 6) is -3.40. The fourth-order valence-electron chi connectivity index (χ4n) is 21.1. The minimum atomic E-state index is -1.13. The van der Waals surface area contributed by atoms with Gasteiger partial charge in [0, 0.05) is 77.4 Å². The Labute approximate surface area is 717 Å². The van der Waals surface area contributed by atoms with Crippen molar-refractivity contribution in [3.8, 4) is 12.3 Å². The molecule has 16 rings (SSSR count). The van der Waals surface area contributed by atoms with Gasteiger partial charge in [0.05, 0.1) is 108 Å². The van der Waals surface area contributed by atoms with Crippen LogP contribution in [-0.2, 0) is 136 Å². The van der Waals surface area contributed by atoms with Gasteiger partial charge < -0.3 is 90.0 Å². The van der Waals surface area contributed by atoms with Crippen LogP contribution in [0.25, 0.3) is 0 Å². The average Bonchev–Trinajstić information content (AvgIpc) is 1.57. The highest BCUT2D eigenvalue weighted by Gasteiger charge is 2.76. The van der Waals surface area contributed by atoms with Crippen LogP contribution in [0.2, 0.25) is 0 Å². The van der Waals surface area contributed by atoms with E-state index in [9.17, 15) is 0 Å². The predicted molar refractivity (Wildman–Crippen MR) is 455 cm³/mol. The largest absolute Gasteiger partial charge is 0.373 e. The van der Waals surface area contributed by atoms with E-state index >= 15 is 0 Å². The van der Waals surface area contributed by atoms with Gasteiger partial charge in [0.1, 0.15) is 18.3 Å². The molecular formula is C102H128O19. The van der Waals surface area contributed by atoms with Crippen molar-refractivity contribution < 1.29 is 90.0 Å². The lowest BCUT2D eigenvalue weighted by atomic mass is 9.62. The normalized spacial score (nSPS) is 39.0. The van der Waals surface area contributed by atoms with Crippen LogP contribution in [-0.4, -0.2) is 135 Å². The van der Waals surface area contributed by atoms with Gasteiger partial charge in [0.15, 0.2) is 55.1 Å². The lowest BCUT2D eigenvalue weighted by Crippen LogP contribution is -2.68. The topological polar surface area (TPSA) is 175 Å². The van der Waals surface area contributed by atoms with E-state index in [1.807, 2.05) is 115 Å². The zero-order valence-corrected chi connectivity index (χ0v) is 72.6. The quantitative estimate of drug-likeness (QED) is 0.0264. The Balaban J connectivity index is 0.653. The van der Waals surface area contributed by atoms with Gasteiger partial charge in [-0.1, -0.05) is 295 Å². The summed E-state index contributed by atoms with van der Waals surface area (Å²) < 4.78 is 138. The molecule has 0 N–H and O–H groups in total. The summed E-state index contributed by atoms with van der Waals surface area (Å²) >= 11 is 0. The maximum absolute atomic E-state index is 7.67. The van der Waals surface area contributed by atoms with Crippen LogP contribution >= 0.6 is 0 Å². The average molecular weight is 1660 g/mol. The van der Waals surface area contributed by atoms with Crippen LogP contribution in [0.15, 0.2) is 212 Å². The monoisotopic (exact) mass is 1660 g/mol. The first kappa shape index (κ1) is 87.8. The Morgan fingerprint density at radius 3 is 0.818 bits per heavy atom. The molecule has 7 aromatic rings. The summed E-state index contributed by atoms with van der Waals surface area (Å²) in [7, 11) is 0. The van der Waals surface area contributed by atoms with E-state index in [0.717, 1.165) is 45.4 Å².